The molecule has 0 aliphatic heterocycles. The number of aliphatic imine (C=N–C) groups is 2. The van der Waals surface area contributed by atoms with Crippen LogP contribution in [-0.2, 0) is 9.15 Å². The average Bonchev–Trinajstić information content (AvgIpc) is 2.48. The van der Waals surface area contributed by atoms with Gasteiger partial charge >= 0.3 is 9.15 Å². The van der Waals surface area contributed by atoms with Gasteiger partial charge in [-0.2, -0.15) is 8.42 Å². The first kappa shape index (κ1) is 17.5. The third-order valence-electron chi connectivity index (χ3n) is 3.01. The molecule has 0 heterocycles. The standard InChI is InChI=1S/C15H17N3O3S2/c1-16-11-4-6-12(7-5-11)17-14-9-8-13(18(2)3)10-15(14)22-23(19,20)21/h4-10H,1-3H3,(H,19,20,21). The Morgan fingerprint density at radius 2 is 1.70 bits per heavy atom. The van der Waals surface area contributed by atoms with E-state index in [-0.39, 0.29) is 0 Å². The molecule has 2 rings (SSSR count). The van der Waals surface area contributed by atoms with Crippen LogP contribution in [0.1, 0.15) is 0 Å². The van der Waals surface area contributed by atoms with Gasteiger partial charge in [0.2, 0.25) is 0 Å². The predicted molar refractivity (Wildman–Crippen MR) is 96.9 cm³/mol. The van der Waals surface area contributed by atoms with Crippen LogP contribution in [-0.4, -0.2) is 45.5 Å². The minimum atomic E-state index is -4.22. The zero-order valence-corrected chi connectivity index (χ0v) is 14.6. The highest BCUT2D eigenvalue weighted by molar-refractivity contribution is 8.70. The predicted octanol–water partition coefficient (Wildman–Crippen LogP) is 2.92. The Bertz CT molecular complexity index is 804. The van der Waals surface area contributed by atoms with Crippen LogP contribution in [0.25, 0.3) is 0 Å². The van der Waals surface area contributed by atoms with Crippen molar-refractivity contribution in [1.82, 2.24) is 0 Å². The van der Waals surface area contributed by atoms with E-state index in [1.54, 1.807) is 31.3 Å². The van der Waals surface area contributed by atoms with E-state index in [9.17, 15) is 8.42 Å². The van der Waals surface area contributed by atoms with E-state index >= 15 is 0 Å². The van der Waals surface area contributed by atoms with Gasteiger partial charge in [0, 0.05) is 37.6 Å². The van der Waals surface area contributed by atoms with Gasteiger partial charge in [0.25, 0.3) is 0 Å². The summed E-state index contributed by atoms with van der Waals surface area (Å²) in [5.74, 6) is 0. The number of hydrogen-bond acceptors (Lipinski definition) is 6. The van der Waals surface area contributed by atoms with Crippen LogP contribution < -0.4 is 4.90 Å². The summed E-state index contributed by atoms with van der Waals surface area (Å²) in [4.78, 5) is 10.7. The van der Waals surface area contributed by atoms with Gasteiger partial charge in [-0.3, -0.25) is 9.55 Å². The van der Waals surface area contributed by atoms with Crippen LogP contribution in [0.3, 0.4) is 0 Å². The summed E-state index contributed by atoms with van der Waals surface area (Å²) in [6.07, 6.45) is 7.24. The largest absolute Gasteiger partial charge is 0.378 e. The SMILES string of the molecule is CN=C1C=CC(=Nc2ccc(N(C)C)cc2SS(=O)(=O)O)C=C1. The summed E-state index contributed by atoms with van der Waals surface area (Å²) in [7, 11) is 1.55. The first-order valence-electron chi connectivity index (χ1n) is 6.68. The van der Waals surface area contributed by atoms with Crippen molar-refractivity contribution in [3.05, 3.63) is 42.5 Å². The maximum absolute atomic E-state index is 11.2. The fourth-order valence-electron chi connectivity index (χ4n) is 1.87. The molecule has 0 bridgehead atoms. The molecule has 1 aromatic rings. The zero-order valence-electron chi connectivity index (χ0n) is 13.0. The molecule has 0 radical (unpaired) electrons. The van der Waals surface area contributed by atoms with E-state index < -0.39 is 9.15 Å². The lowest BCUT2D eigenvalue weighted by atomic mass is 10.1. The summed E-state index contributed by atoms with van der Waals surface area (Å²) >= 11 is 0. The molecule has 0 saturated heterocycles. The van der Waals surface area contributed by atoms with E-state index in [1.807, 2.05) is 37.2 Å². The third-order valence-corrected chi connectivity index (χ3v) is 4.90. The molecule has 0 atom stereocenters. The van der Waals surface area contributed by atoms with Crippen molar-refractivity contribution in [3.63, 3.8) is 0 Å². The molecule has 1 N–H and O–H groups in total. The fourth-order valence-corrected chi connectivity index (χ4v) is 3.54. The maximum Gasteiger partial charge on any atom is 0.324 e. The normalized spacial score (nSPS) is 14.1. The summed E-state index contributed by atoms with van der Waals surface area (Å²) in [6.45, 7) is 0. The Morgan fingerprint density at radius 1 is 1.09 bits per heavy atom. The van der Waals surface area contributed by atoms with Crippen molar-refractivity contribution >= 4 is 42.7 Å². The number of rotatable bonds is 4. The lowest BCUT2D eigenvalue weighted by molar-refractivity contribution is 0.503. The fraction of sp³-hybridized carbons (Fsp3) is 0.200. The number of hydrogen-bond donors (Lipinski definition) is 1. The minimum absolute atomic E-state index is 0.364. The van der Waals surface area contributed by atoms with Crippen molar-refractivity contribution in [2.75, 3.05) is 26.0 Å². The number of anilines is 1. The van der Waals surface area contributed by atoms with E-state index in [0.717, 1.165) is 11.4 Å². The highest BCUT2D eigenvalue weighted by Crippen LogP contribution is 2.36. The number of benzene rings is 1. The van der Waals surface area contributed by atoms with Gasteiger partial charge in [0.1, 0.15) is 0 Å². The van der Waals surface area contributed by atoms with Gasteiger partial charge in [-0.1, -0.05) is 0 Å². The second-order valence-electron chi connectivity index (χ2n) is 4.91. The molecule has 1 aliphatic carbocycles. The van der Waals surface area contributed by atoms with Gasteiger partial charge in [-0.25, -0.2) is 4.99 Å². The molecule has 122 valence electrons. The molecule has 8 heteroatoms. The maximum atomic E-state index is 11.2. The smallest absolute Gasteiger partial charge is 0.324 e. The Balaban J connectivity index is 2.44. The van der Waals surface area contributed by atoms with E-state index in [1.165, 1.54) is 0 Å². The van der Waals surface area contributed by atoms with E-state index in [4.69, 9.17) is 4.55 Å². The third kappa shape index (κ3) is 5.05. The molecule has 0 aromatic heterocycles. The molecular formula is C15H17N3O3S2. The topological polar surface area (TPSA) is 82.3 Å². The first-order chi connectivity index (χ1) is 10.8. The van der Waals surface area contributed by atoms with Crippen LogP contribution in [0.5, 0.6) is 0 Å². The first-order valence-corrected chi connectivity index (χ1v) is 9.46. The van der Waals surface area contributed by atoms with Crippen LogP contribution in [0, 0.1) is 0 Å². The average molecular weight is 351 g/mol. The van der Waals surface area contributed by atoms with Crippen molar-refractivity contribution < 1.29 is 13.0 Å². The van der Waals surface area contributed by atoms with Crippen molar-refractivity contribution in [2.45, 2.75) is 4.90 Å². The molecule has 0 fully saturated rings. The molecule has 6 nitrogen and oxygen atoms in total. The van der Waals surface area contributed by atoms with Crippen LogP contribution in [0.2, 0.25) is 0 Å². The summed E-state index contributed by atoms with van der Waals surface area (Å²) in [6, 6.07) is 5.23. The molecule has 0 spiro atoms. The van der Waals surface area contributed by atoms with Crippen LogP contribution in [0.4, 0.5) is 11.4 Å². The molecule has 1 aliphatic rings. The van der Waals surface area contributed by atoms with Gasteiger partial charge < -0.3 is 4.90 Å². The van der Waals surface area contributed by atoms with Crippen molar-refractivity contribution in [2.24, 2.45) is 9.98 Å². The molecule has 23 heavy (non-hydrogen) atoms. The lowest BCUT2D eigenvalue weighted by Crippen LogP contribution is -2.08. The van der Waals surface area contributed by atoms with E-state index in [0.29, 0.717) is 27.1 Å². The monoisotopic (exact) mass is 351 g/mol. The summed E-state index contributed by atoms with van der Waals surface area (Å²) in [5.41, 5.74) is 2.79. The Morgan fingerprint density at radius 3 is 2.22 bits per heavy atom. The van der Waals surface area contributed by atoms with Crippen LogP contribution >= 0.6 is 10.8 Å². The quantitative estimate of drug-likeness (QED) is 0.512. The Labute approximate surface area is 139 Å². The highest BCUT2D eigenvalue weighted by Gasteiger charge is 2.14. The molecule has 1 aromatic carbocycles. The second kappa shape index (κ2) is 7.12. The lowest BCUT2D eigenvalue weighted by Gasteiger charge is -2.14. The Kier molecular flexibility index (Phi) is 5.40. The van der Waals surface area contributed by atoms with Crippen molar-refractivity contribution in [3.8, 4) is 0 Å². The summed E-state index contributed by atoms with van der Waals surface area (Å²) < 4.78 is 31.6. The van der Waals surface area contributed by atoms with Crippen molar-refractivity contribution in [1.29, 1.82) is 0 Å². The molecule has 0 unspecified atom stereocenters. The van der Waals surface area contributed by atoms with Gasteiger partial charge in [-0.15, -0.1) is 0 Å². The summed E-state index contributed by atoms with van der Waals surface area (Å²) in [5, 5.41) is 0. The molecular weight excluding hydrogens is 334 g/mol. The van der Waals surface area contributed by atoms with Gasteiger partial charge in [-0.05, 0) is 42.5 Å². The highest BCUT2D eigenvalue weighted by atomic mass is 33.1. The molecule has 0 amide bonds. The Hall–Kier alpha value is -1.90. The minimum Gasteiger partial charge on any atom is -0.378 e. The van der Waals surface area contributed by atoms with Gasteiger partial charge in [0.05, 0.1) is 22.0 Å². The molecule has 0 saturated carbocycles. The number of nitrogens with zero attached hydrogens (tertiary/aromatic N) is 3. The van der Waals surface area contributed by atoms with E-state index in [2.05, 4.69) is 9.98 Å². The number of allylic oxidation sites excluding steroid dienone is 4. The second-order valence-corrected chi connectivity index (χ2v) is 8.13. The van der Waals surface area contributed by atoms with Crippen LogP contribution in [0.15, 0.2) is 57.4 Å². The zero-order chi connectivity index (χ0) is 17.0. The van der Waals surface area contributed by atoms with Gasteiger partial charge in [0.15, 0.2) is 0 Å².